The average Bonchev–Trinajstić information content (AvgIpc) is 2.61. The summed E-state index contributed by atoms with van der Waals surface area (Å²) in [5.74, 6) is 0.449. The van der Waals surface area contributed by atoms with Crippen LogP contribution in [0.25, 0.3) is 11.0 Å². The fourth-order valence-electron chi connectivity index (χ4n) is 2.24. The van der Waals surface area contributed by atoms with Gasteiger partial charge in [-0.2, -0.15) is 0 Å². The molecule has 0 amide bonds. The zero-order valence-electron chi connectivity index (χ0n) is 11.0. The molecule has 1 atom stereocenters. The first-order chi connectivity index (χ1) is 8.49. The maximum atomic E-state index is 13.3. The number of benzene rings is 1. The van der Waals surface area contributed by atoms with E-state index in [2.05, 4.69) is 25.8 Å². The van der Waals surface area contributed by atoms with Crippen molar-refractivity contribution in [3.8, 4) is 0 Å². The van der Waals surface area contributed by atoms with Crippen LogP contribution in [-0.4, -0.2) is 9.55 Å². The molecule has 0 aliphatic carbocycles. The molecule has 1 N–H and O–H groups in total. The molecule has 0 radical (unpaired) electrons. The molecule has 1 unspecified atom stereocenters. The molecule has 0 spiro atoms. The molecular weight excluding hydrogens is 247 g/mol. The predicted molar refractivity (Wildman–Crippen MR) is 75.9 cm³/mol. The Morgan fingerprint density at radius 2 is 2.00 bits per heavy atom. The van der Waals surface area contributed by atoms with Gasteiger partial charge in [-0.15, -0.1) is 0 Å². The molecule has 18 heavy (non-hydrogen) atoms. The number of nitrogens with one attached hydrogen (secondary N) is 1. The van der Waals surface area contributed by atoms with Crippen LogP contribution in [0.4, 0.5) is 4.39 Å². The summed E-state index contributed by atoms with van der Waals surface area (Å²) >= 11 is 5.34. The van der Waals surface area contributed by atoms with Crippen molar-refractivity contribution in [1.29, 1.82) is 0 Å². The van der Waals surface area contributed by atoms with E-state index in [1.54, 1.807) is 12.1 Å². The Kier molecular flexibility index (Phi) is 3.85. The van der Waals surface area contributed by atoms with Gasteiger partial charge in [-0.1, -0.05) is 13.8 Å². The van der Waals surface area contributed by atoms with E-state index in [0.29, 0.717) is 10.7 Å². The van der Waals surface area contributed by atoms with Gasteiger partial charge in [0.1, 0.15) is 5.82 Å². The lowest BCUT2D eigenvalue weighted by Gasteiger charge is -2.15. The number of hydrogen-bond acceptors (Lipinski definition) is 1. The third kappa shape index (κ3) is 2.64. The summed E-state index contributed by atoms with van der Waals surface area (Å²) in [7, 11) is 0. The molecule has 0 saturated carbocycles. The highest BCUT2D eigenvalue weighted by Gasteiger charge is 2.12. The number of nitrogens with zero attached hydrogens (tertiary/aromatic N) is 1. The Labute approximate surface area is 112 Å². The maximum Gasteiger partial charge on any atom is 0.178 e. The zero-order valence-corrected chi connectivity index (χ0v) is 11.9. The van der Waals surface area contributed by atoms with Crippen molar-refractivity contribution in [3.05, 3.63) is 28.8 Å². The quantitative estimate of drug-likeness (QED) is 0.786. The highest BCUT2D eigenvalue weighted by atomic mass is 32.1. The average molecular weight is 266 g/mol. The van der Waals surface area contributed by atoms with Gasteiger partial charge in [0.05, 0.1) is 11.0 Å². The summed E-state index contributed by atoms with van der Waals surface area (Å²) in [5, 5.41) is 0. The number of aromatic amines is 1. The molecule has 0 aliphatic rings. The summed E-state index contributed by atoms with van der Waals surface area (Å²) in [6.45, 7) is 6.55. The second kappa shape index (κ2) is 5.22. The minimum Gasteiger partial charge on any atom is -0.331 e. The van der Waals surface area contributed by atoms with Crippen LogP contribution in [0.15, 0.2) is 18.2 Å². The van der Waals surface area contributed by atoms with Gasteiger partial charge in [0.2, 0.25) is 0 Å². The summed E-state index contributed by atoms with van der Waals surface area (Å²) in [5.41, 5.74) is 1.76. The van der Waals surface area contributed by atoms with Crippen molar-refractivity contribution in [2.75, 3.05) is 0 Å². The lowest BCUT2D eigenvalue weighted by molar-refractivity contribution is 0.443. The van der Waals surface area contributed by atoms with Crippen LogP contribution in [0.5, 0.6) is 0 Å². The normalized spacial score (nSPS) is 13.4. The van der Waals surface area contributed by atoms with Crippen LogP contribution < -0.4 is 0 Å². The van der Waals surface area contributed by atoms with Crippen LogP contribution in [0.2, 0.25) is 0 Å². The number of fused-ring (bicyclic) bond motifs is 1. The third-order valence-electron chi connectivity index (χ3n) is 3.28. The molecule has 2 rings (SSSR count). The Balaban J connectivity index is 2.40. The molecular formula is C14H19FN2S. The van der Waals surface area contributed by atoms with Gasteiger partial charge in [-0.05, 0) is 56.1 Å². The van der Waals surface area contributed by atoms with Gasteiger partial charge < -0.3 is 9.55 Å². The number of H-pyrrole nitrogens is 1. The van der Waals surface area contributed by atoms with Crippen molar-refractivity contribution < 1.29 is 4.39 Å². The van der Waals surface area contributed by atoms with Gasteiger partial charge in [0, 0.05) is 6.04 Å². The Morgan fingerprint density at radius 3 is 2.67 bits per heavy atom. The molecule has 1 heterocycles. The Bertz CT molecular complexity index is 597. The van der Waals surface area contributed by atoms with E-state index in [0.717, 1.165) is 23.9 Å². The lowest BCUT2D eigenvalue weighted by atomic mass is 10.0. The lowest BCUT2D eigenvalue weighted by Crippen LogP contribution is -2.06. The minimum atomic E-state index is -0.221. The largest absolute Gasteiger partial charge is 0.331 e. The van der Waals surface area contributed by atoms with Gasteiger partial charge >= 0.3 is 0 Å². The summed E-state index contributed by atoms with van der Waals surface area (Å²) in [6, 6.07) is 5.03. The fourth-order valence-corrected chi connectivity index (χ4v) is 2.62. The van der Waals surface area contributed by atoms with Gasteiger partial charge in [0.15, 0.2) is 4.77 Å². The number of hydrogen-bond donors (Lipinski definition) is 1. The molecule has 0 fully saturated rings. The van der Waals surface area contributed by atoms with Crippen molar-refractivity contribution in [2.24, 2.45) is 5.92 Å². The van der Waals surface area contributed by atoms with E-state index in [9.17, 15) is 4.39 Å². The third-order valence-corrected chi connectivity index (χ3v) is 3.58. The summed E-state index contributed by atoms with van der Waals surface area (Å²) in [6.07, 6.45) is 2.19. The maximum absolute atomic E-state index is 13.3. The molecule has 0 saturated heterocycles. The van der Waals surface area contributed by atoms with E-state index >= 15 is 0 Å². The number of aromatic nitrogens is 2. The zero-order chi connectivity index (χ0) is 13.3. The summed E-state index contributed by atoms with van der Waals surface area (Å²) in [4.78, 5) is 3.13. The monoisotopic (exact) mass is 266 g/mol. The van der Waals surface area contributed by atoms with Crippen LogP contribution in [-0.2, 0) is 0 Å². The Morgan fingerprint density at radius 1 is 1.28 bits per heavy atom. The molecule has 4 heteroatoms. The van der Waals surface area contributed by atoms with E-state index in [4.69, 9.17) is 12.2 Å². The van der Waals surface area contributed by atoms with E-state index in [1.165, 1.54) is 6.07 Å². The van der Waals surface area contributed by atoms with Gasteiger partial charge in [-0.25, -0.2) is 4.39 Å². The number of imidazole rings is 1. The van der Waals surface area contributed by atoms with Crippen molar-refractivity contribution in [3.63, 3.8) is 0 Å². The highest BCUT2D eigenvalue weighted by Crippen LogP contribution is 2.24. The van der Waals surface area contributed by atoms with Crippen molar-refractivity contribution in [2.45, 2.75) is 39.7 Å². The fraction of sp³-hybridized carbons (Fsp3) is 0.500. The standard InChI is InChI=1S/C14H19FN2S/c1-9(2)4-5-10(3)17-13-8-11(15)6-7-12(13)16-14(17)18/h6-10H,4-5H2,1-3H3,(H,16,18). The van der Waals surface area contributed by atoms with Crippen LogP contribution in [0, 0.1) is 16.5 Å². The predicted octanol–water partition coefficient (Wildman–Crippen LogP) is 4.84. The second-order valence-electron chi connectivity index (χ2n) is 5.28. The molecule has 2 aromatic rings. The molecule has 0 aliphatic heterocycles. The SMILES string of the molecule is CC(C)CCC(C)n1c(=S)[nH]c2ccc(F)cc21. The van der Waals surface area contributed by atoms with Crippen LogP contribution >= 0.6 is 12.2 Å². The first kappa shape index (κ1) is 13.3. The second-order valence-corrected chi connectivity index (χ2v) is 5.67. The van der Waals surface area contributed by atoms with E-state index in [1.807, 2.05) is 4.57 Å². The number of rotatable bonds is 4. The van der Waals surface area contributed by atoms with Crippen LogP contribution in [0.3, 0.4) is 0 Å². The number of halogens is 1. The Hall–Kier alpha value is -1.16. The first-order valence-corrected chi connectivity index (χ1v) is 6.79. The molecule has 0 bridgehead atoms. The van der Waals surface area contributed by atoms with Crippen molar-refractivity contribution >= 4 is 23.3 Å². The topological polar surface area (TPSA) is 20.7 Å². The molecule has 98 valence electrons. The van der Waals surface area contributed by atoms with E-state index < -0.39 is 0 Å². The summed E-state index contributed by atoms with van der Waals surface area (Å²) < 4.78 is 16.0. The van der Waals surface area contributed by atoms with Gasteiger partial charge in [-0.3, -0.25) is 0 Å². The molecule has 1 aromatic carbocycles. The van der Waals surface area contributed by atoms with Crippen LogP contribution in [0.1, 0.15) is 39.7 Å². The molecule has 2 nitrogen and oxygen atoms in total. The van der Waals surface area contributed by atoms with E-state index in [-0.39, 0.29) is 11.9 Å². The molecule has 1 aromatic heterocycles. The minimum absolute atomic E-state index is 0.221. The highest BCUT2D eigenvalue weighted by molar-refractivity contribution is 7.71. The van der Waals surface area contributed by atoms with Gasteiger partial charge in [0.25, 0.3) is 0 Å². The first-order valence-electron chi connectivity index (χ1n) is 6.39. The van der Waals surface area contributed by atoms with Crippen molar-refractivity contribution in [1.82, 2.24) is 9.55 Å². The smallest absolute Gasteiger partial charge is 0.178 e.